The second-order valence-corrected chi connectivity index (χ2v) is 8.01. The van der Waals surface area contributed by atoms with E-state index in [1.54, 1.807) is 13.0 Å². The SMILES string of the molecule is Cc1ccc(NC(=O)C[C@H]2SC(c3ccc(Br)cc3)=NC2=O)c([N+](=O)[O-])c1. The number of rotatable bonds is 5. The van der Waals surface area contributed by atoms with E-state index in [0.29, 0.717) is 10.6 Å². The van der Waals surface area contributed by atoms with Crippen molar-refractivity contribution in [2.45, 2.75) is 18.6 Å². The first-order valence-electron chi connectivity index (χ1n) is 7.93. The van der Waals surface area contributed by atoms with Crippen LogP contribution >= 0.6 is 27.7 Å². The summed E-state index contributed by atoms with van der Waals surface area (Å²) in [6.07, 6.45) is -0.113. The Labute approximate surface area is 167 Å². The van der Waals surface area contributed by atoms with E-state index >= 15 is 0 Å². The van der Waals surface area contributed by atoms with Crippen molar-refractivity contribution in [1.82, 2.24) is 0 Å². The lowest BCUT2D eigenvalue weighted by atomic mass is 10.2. The van der Waals surface area contributed by atoms with Gasteiger partial charge in [-0.3, -0.25) is 19.7 Å². The Morgan fingerprint density at radius 1 is 1.30 bits per heavy atom. The summed E-state index contributed by atoms with van der Waals surface area (Å²) >= 11 is 4.57. The van der Waals surface area contributed by atoms with E-state index < -0.39 is 16.1 Å². The minimum absolute atomic E-state index is 0.111. The summed E-state index contributed by atoms with van der Waals surface area (Å²) in [7, 11) is 0. The van der Waals surface area contributed by atoms with E-state index in [-0.39, 0.29) is 23.7 Å². The van der Waals surface area contributed by atoms with E-state index in [1.165, 1.54) is 23.9 Å². The van der Waals surface area contributed by atoms with Gasteiger partial charge in [0.25, 0.3) is 11.6 Å². The number of benzene rings is 2. The molecule has 3 rings (SSSR count). The summed E-state index contributed by atoms with van der Waals surface area (Å²) in [5.74, 6) is -0.855. The van der Waals surface area contributed by atoms with Crippen LogP contribution in [0.3, 0.4) is 0 Å². The summed E-state index contributed by atoms with van der Waals surface area (Å²) in [6.45, 7) is 1.73. The Kier molecular flexibility index (Phi) is 5.71. The number of aliphatic imine (C=N–C) groups is 1. The van der Waals surface area contributed by atoms with Crippen LogP contribution in [0.15, 0.2) is 51.9 Å². The van der Waals surface area contributed by atoms with Crippen molar-refractivity contribution >= 4 is 55.9 Å². The maximum atomic E-state index is 12.3. The van der Waals surface area contributed by atoms with Crippen LogP contribution in [0.4, 0.5) is 11.4 Å². The molecule has 0 radical (unpaired) electrons. The van der Waals surface area contributed by atoms with Crippen molar-refractivity contribution in [3.8, 4) is 0 Å². The van der Waals surface area contributed by atoms with E-state index in [1.807, 2.05) is 24.3 Å². The molecule has 0 fully saturated rings. The fourth-order valence-corrected chi connectivity index (χ4v) is 3.84. The lowest BCUT2D eigenvalue weighted by Gasteiger charge is -2.09. The van der Waals surface area contributed by atoms with Crippen molar-refractivity contribution in [3.63, 3.8) is 0 Å². The van der Waals surface area contributed by atoms with Crippen LogP contribution in [-0.2, 0) is 9.59 Å². The fraction of sp³-hybridized carbons (Fsp3) is 0.167. The van der Waals surface area contributed by atoms with Gasteiger partial charge >= 0.3 is 0 Å². The van der Waals surface area contributed by atoms with Gasteiger partial charge in [-0.2, -0.15) is 0 Å². The standard InChI is InChI=1S/C18H14BrN3O4S/c1-10-2-7-13(14(8-10)22(25)26)20-16(23)9-15-17(24)21-18(27-15)11-3-5-12(19)6-4-11/h2-8,15H,9H2,1H3,(H,20,23)/t15-/m1/s1. The summed E-state index contributed by atoms with van der Waals surface area (Å²) in [5.41, 5.74) is 1.45. The van der Waals surface area contributed by atoms with Crippen LogP contribution in [0.25, 0.3) is 0 Å². The summed E-state index contributed by atoms with van der Waals surface area (Å²) < 4.78 is 0.914. The van der Waals surface area contributed by atoms with Crippen molar-refractivity contribution in [3.05, 3.63) is 68.2 Å². The first kappa shape index (κ1) is 19.2. The van der Waals surface area contributed by atoms with Gasteiger partial charge in [0.2, 0.25) is 5.91 Å². The van der Waals surface area contributed by atoms with Gasteiger partial charge in [0, 0.05) is 22.5 Å². The molecule has 1 aliphatic heterocycles. The predicted octanol–water partition coefficient (Wildman–Crippen LogP) is 4.08. The second-order valence-electron chi connectivity index (χ2n) is 5.90. The zero-order valence-corrected chi connectivity index (χ0v) is 16.5. The molecule has 138 valence electrons. The molecule has 0 unspecified atom stereocenters. The average molecular weight is 448 g/mol. The molecular formula is C18H14BrN3O4S. The Hall–Kier alpha value is -2.52. The van der Waals surface area contributed by atoms with Crippen LogP contribution in [0.2, 0.25) is 0 Å². The quantitative estimate of drug-likeness (QED) is 0.549. The zero-order chi connectivity index (χ0) is 19.6. The van der Waals surface area contributed by atoms with Gasteiger partial charge in [-0.1, -0.05) is 45.9 Å². The molecule has 2 aromatic carbocycles. The van der Waals surface area contributed by atoms with E-state index in [2.05, 4.69) is 26.2 Å². The third kappa shape index (κ3) is 4.61. The monoisotopic (exact) mass is 447 g/mol. The van der Waals surface area contributed by atoms with Gasteiger partial charge in [0.05, 0.1) is 4.92 Å². The van der Waals surface area contributed by atoms with Crippen molar-refractivity contribution in [1.29, 1.82) is 0 Å². The molecule has 0 saturated heterocycles. The highest BCUT2D eigenvalue weighted by Gasteiger charge is 2.31. The Balaban J connectivity index is 1.67. The van der Waals surface area contributed by atoms with Crippen LogP contribution in [0, 0.1) is 17.0 Å². The molecule has 9 heteroatoms. The van der Waals surface area contributed by atoms with Crippen molar-refractivity contribution < 1.29 is 14.5 Å². The predicted molar refractivity (Wildman–Crippen MR) is 108 cm³/mol. The Morgan fingerprint density at radius 2 is 2.00 bits per heavy atom. The Bertz CT molecular complexity index is 960. The van der Waals surface area contributed by atoms with E-state index in [0.717, 1.165) is 10.0 Å². The molecule has 1 atom stereocenters. The number of thioether (sulfide) groups is 1. The lowest BCUT2D eigenvalue weighted by Crippen LogP contribution is -2.21. The van der Waals surface area contributed by atoms with Gasteiger partial charge in [-0.25, -0.2) is 4.99 Å². The zero-order valence-electron chi connectivity index (χ0n) is 14.1. The molecule has 27 heavy (non-hydrogen) atoms. The molecule has 2 amide bonds. The van der Waals surface area contributed by atoms with Crippen molar-refractivity contribution in [2.75, 3.05) is 5.32 Å². The summed E-state index contributed by atoms with van der Waals surface area (Å²) in [6, 6.07) is 11.9. The van der Waals surface area contributed by atoms with Crippen molar-refractivity contribution in [2.24, 2.45) is 4.99 Å². The minimum Gasteiger partial charge on any atom is -0.320 e. The van der Waals surface area contributed by atoms with E-state index in [4.69, 9.17) is 0 Å². The number of carbonyl (C=O) groups is 2. The number of nitrogens with one attached hydrogen (secondary N) is 1. The highest BCUT2D eigenvalue weighted by atomic mass is 79.9. The van der Waals surface area contributed by atoms with Gasteiger partial charge in [-0.05, 0) is 30.7 Å². The number of nitrogens with zero attached hydrogens (tertiary/aromatic N) is 2. The number of nitro benzene ring substituents is 1. The number of nitro groups is 1. The van der Waals surface area contributed by atoms with Crippen LogP contribution < -0.4 is 5.32 Å². The summed E-state index contributed by atoms with van der Waals surface area (Å²) in [5, 5.41) is 13.6. The molecule has 1 aliphatic rings. The van der Waals surface area contributed by atoms with Gasteiger partial charge in [0.1, 0.15) is 16.0 Å². The average Bonchev–Trinajstić information content (AvgIpc) is 2.97. The fourth-order valence-electron chi connectivity index (χ4n) is 2.51. The van der Waals surface area contributed by atoms with Gasteiger partial charge < -0.3 is 5.32 Å². The van der Waals surface area contributed by atoms with E-state index in [9.17, 15) is 19.7 Å². The Morgan fingerprint density at radius 3 is 2.67 bits per heavy atom. The lowest BCUT2D eigenvalue weighted by molar-refractivity contribution is -0.384. The number of hydrogen-bond donors (Lipinski definition) is 1. The third-order valence-electron chi connectivity index (χ3n) is 3.83. The molecular weight excluding hydrogens is 434 g/mol. The van der Waals surface area contributed by atoms with Crippen LogP contribution in [-0.4, -0.2) is 27.0 Å². The molecule has 0 aliphatic carbocycles. The third-order valence-corrected chi connectivity index (χ3v) is 5.56. The molecule has 7 nitrogen and oxygen atoms in total. The molecule has 0 spiro atoms. The maximum absolute atomic E-state index is 12.3. The second kappa shape index (κ2) is 8.01. The first-order valence-corrected chi connectivity index (χ1v) is 9.61. The van der Waals surface area contributed by atoms with Crippen LogP contribution in [0.1, 0.15) is 17.5 Å². The minimum atomic E-state index is -0.645. The topological polar surface area (TPSA) is 102 Å². The molecule has 0 aromatic heterocycles. The number of carbonyl (C=O) groups excluding carboxylic acids is 2. The molecule has 1 heterocycles. The van der Waals surface area contributed by atoms with Gasteiger partial charge in [0.15, 0.2) is 0 Å². The number of hydrogen-bond acceptors (Lipinski definition) is 5. The number of amides is 2. The highest BCUT2D eigenvalue weighted by Crippen LogP contribution is 2.31. The first-order chi connectivity index (χ1) is 12.8. The number of aryl methyl sites for hydroxylation is 1. The smallest absolute Gasteiger partial charge is 0.293 e. The normalized spacial score (nSPS) is 16.1. The molecule has 0 bridgehead atoms. The molecule has 0 saturated carbocycles. The van der Waals surface area contributed by atoms with Crippen LogP contribution in [0.5, 0.6) is 0 Å². The number of halogens is 1. The summed E-state index contributed by atoms with van der Waals surface area (Å²) in [4.78, 5) is 39.1. The largest absolute Gasteiger partial charge is 0.320 e. The van der Waals surface area contributed by atoms with Gasteiger partial charge in [-0.15, -0.1) is 0 Å². The highest BCUT2D eigenvalue weighted by molar-refractivity contribution is 9.10. The maximum Gasteiger partial charge on any atom is 0.293 e. The molecule has 2 aromatic rings. The molecule has 1 N–H and O–H groups in total. The number of anilines is 1.